The van der Waals surface area contributed by atoms with Crippen LogP contribution in [-0.4, -0.2) is 66.7 Å². The highest BCUT2D eigenvalue weighted by molar-refractivity contribution is 6.16. The number of nitrogens with one attached hydrogen (secondary N) is 1. The molecule has 1 saturated carbocycles. The molecule has 0 amide bonds. The lowest BCUT2D eigenvalue weighted by atomic mass is 9.64. The molecule has 12 heteroatoms. The van der Waals surface area contributed by atoms with Gasteiger partial charge < -0.3 is 13.7 Å². The molecule has 0 radical (unpaired) electrons. The highest BCUT2D eigenvalue weighted by Crippen LogP contribution is 2.47. The van der Waals surface area contributed by atoms with Crippen molar-refractivity contribution in [1.29, 1.82) is 0 Å². The Morgan fingerprint density at radius 3 is 2.90 bits per heavy atom. The standard InChI is InChI=1S/C30H34ClN7O4/c1-17(22-12-18(16-38(22)2)23-15-32-26(14-31)41-23)40-25-13-21(20-8-11-33-36-20)34-29(35-25)27-19-6-5-10-30(28(19)42-37-27)9-4-3-7-24(30)39/h8,11,13,15,17-18,22H,3-7,9-10,12,14,16H2,1-2H3,(H,33,36)/t17-,18?,22-,30+/m0/s1. The topological polar surface area (TPSA) is 136 Å². The van der Waals surface area contributed by atoms with Crippen LogP contribution in [0.15, 0.2) is 33.5 Å². The first-order valence-corrected chi connectivity index (χ1v) is 15.3. The molecule has 3 aliphatic rings. The van der Waals surface area contributed by atoms with Crippen molar-refractivity contribution in [2.45, 2.75) is 87.6 Å². The third-order valence-electron chi connectivity index (χ3n) is 9.27. The number of rotatable bonds is 7. The van der Waals surface area contributed by atoms with Gasteiger partial charge in [-0.15, -0.1) is 11.6 Å². The Kier molecular flexibility index (Phi) is 7.09. The fraction of sp³-hybridized carbons (Fsp3) is 0.533. The Hall–Kier alpha value is -3.57. The summed E-state index contributed by atoms with van der Waals surface area (Å²) < 4.78 is 18.3. The van der Waals surface area contributed by atoms with Crippen molar-refractivity contribution in [3.8, 4) is 28.8 Å². The molecule has 4 aromatic rings. The Balaban J connectivity index is 1.19. The van der Waals surface area contributed by atoms with E-state index in [0.717, 1.165) is 68.5 Å². The summed E-state index contributed by atoms with van der Waals surface area (Å²) in [6.07, 6.45) is 9.99. The summed E-state index contributed by atoms with van der Waals surface area (Å²) in [4.78, 5) is 29.4. The second kappa shape index (κ2) is 10.9. The average Bonchev–Trinajstić information content (AvgIpc) is 3.81. The van der Waals surface area contributed by atoms with E-state index in [-0.39, 0.29) is 29.7 Å². The van der Waals surface area contributed by atoms with Crippen LogP contribution < -0.4 is 4.74 Å². The Labute approximate surface area is 248 Å². The highest BCUT2D eigenvalue weighted by atomic mass is 35.5. The number of H-pyrrole nitrogens is 1. The van der Waals surface area contributed by atoms with E-state index < -0.39 is 5.41 Å². The van der Waals surface area contributed by atoms with Crippen molar-refractivity contribution in [2.24, 2.45) is 0 Å². The maximum Gasteiger partial charge on any atom is 0.217 e. The van der Waals surface area contributed by atoms with Gasteiger partial charge in [0.2, 0.25) is 11.8 Å². The number of carbonyl (C=O) groups excluding carboxylic acids is 1. The lowest BCUT2D eigenvalue weighted by Gasteiger charge is -2.36. The van der Waals surface area contributed by atoms with Gasteiger partial charge in [-0.1, -0.05) is 11.6 Å². The Morgan fingerprint density at radius 2 is 2.12 bits per heavy atom. The van der Waals surface area contributed by atoms with E-state index >= 15 is 0 Å². The maximum absolute atomic E-state index is 13.2. The van der Waals surface area contributed by atoms with Gasteiger partial charge in [0, 0.05) is 42.8 Å². The van der Waals surface area contributed by atoms with Gasteiger partial charge in [0.25, 0.3) is 0 Å². The van der Waals surface area contributed by atoms with Crippen molar-refractivity contribution >= 4 is 17.4 Å². The molecule has 1 spiro atoms. The molecule has 7 rings (SSSR count). The van der Waals surface area contributed by atoms with Crippen molar-refractivity contribution in [3.63, 3.8) is 0 Å². The number of aromatic nitrogens is 6. The summed E-state index contributed by atoms with van der Waals surface area (Å²) in [5.41, 5.74) is 2.34. The van der Waals surface area contributed by atoms with Crippen LogP contribution >= 0.6 is 11.6 Å². The number of carbonyl (C=O) groups is 1. The van der Waals surface area contributed by atoms with E-state index in [4.69, 9.17) is 35.2 Å². The van der Waals surface area contributed by atoms with Gasteiger partial charge >= 0.3 is 0 Å². The van der Waals surface area contributed by atoms with E-state index in [9.17, 15) is 4.79 Å². The first kappa shape index (κ1) is 27.3. The van der Waals surface area contributed by atoms with Crippen LogP contribution in [0.25, 0.3) is 22.9 Å². The number of hydrogen-bond donors (Lipinski definition) is 1. The summed E-state index contributed by atoms with van der Waals surface area (Å²) in [5, 5.41) is 11.6. The molecule has 0 bridgehead atoms. The van der Waals surface area contributed by atoms with Crippen molar-refractivity contribution in [3.05, 3.63) is 47.5 Å². The van der Waals surface area contributed by atoms with Crippen molar-refractivity contribution in [2.75, 3.05) is 13.6 Å². The summed E-state index contributed by atoms with van der Waals surface area (Å²) in [6.45, 7) is 2.89. The summed E-state index contributed by atoms with van der Waals surface area (Å²) >= 11 is 5.90. The number of Topliss-reactive ketones (excluding diaryl/α,β-unsaturated/α-hetero) is 1. The molecule has 1 saturated heterocycles. The number of likely N-dealkylation sites (tertiary alicyclic amines) is 1. The minimum absolute atomic E-state index is 0.130. The average molecular weight is 592 g/mol. The molecule has 42 heavy (non-hydrogen) atoms. The number of hydrogen-bond acceptors (Lipinski definition) is 10. The van der Waals surface area contributed by atoms with Gasteiger partial charge in [-0.05, 0) is 58.6 Å². The number of aromatic amines is 1. The molecule has 1 unspecified atom stereocenters. The third kappa shape index (κ3) is 4.72. The lowest BCUT2D eigenvalue weighted by Crippen LogP contribution is -2.41. The van der Waals surface area contributed by atoms with Gasteiger partial charge in [-0.25, -0.2) is 9.97 Å². The van der Waals surface area contributed by atoms with Gasteiger partial charge in [-0.2, -0.15) is 10.1 Å². The first-order valence-electron chi connectivity index (χ1n) is 14.7. The fourth-order valence-corrected chi connectivity index (χ4v) is 7.25. The molecule has 5 heterocycles. The van der Waals surface area contributed by atoms with Gasteiger partial charge in [-0.3, -0.25) is 14.8 Å². The van der Waals surface area contributed by atoms with Crippen LogP contribution in [-0.2, 0) is 22.5 Å². The first-order chi connectivity index (χ1) is 20.4. The van der Waals surface area contributed by atoms with E-state index in [0.29, 0.717) is 41.2 Å². The molecule has 4 atom stereocenters. The number of ketones is 1. The SMILES string of the molecule is C[C@H](Oc1cc(-c2ccn[nH]2)nc(-c2noc3c2CCC[C@@]32CCCCC2=O)n1)[C@@H]1CC(c2cnc(CCl)o2)CN1C. The quantitative estimate of drug-likeness (QED) is 0.285. The summed E-state index contributed by atoms with van der Waals surface area (Å²) in [7, 11) is 2.09. The predicted molar refractivity (Wildman–Crippen MR) is 153 cm³/mol. The molecule has 220 valence electrons. The van der Waals surface area contributed by atoms with E-state index in [1.807, 2.05) is 12.1 Å². The zero-order valence-corrected chi connectivity index (χ0v) is 24.6. The Morgan fingerprint density at radius 1 is 1.24 bits per heavy atom. The van der Waals surface area contributed by atoms with Gasteiger partial charge in [0.1, 0.15) is 17.6 Å². The second-order valence-corrected chi connectivity index (χ2v) is 12.1. The molecule has 1 N–H and O–H groups in total. The molecular weight excluding hydrogens is 558 g/mol. The number of likely N-dealkylation sites (N-methyl/N-ethyl adjacent to an activating group) is 1. The molecule has 0 aromatic carbocycles. The fourth-order valence-electron chi connectivity index (χ4n) is 7.13. The number of ether oxygens (including phenoxy) is 1. The smallest absolute Gasteiger partial charge is 0.217 e. The van der Waals surface area contributed by atoms with Crippen LogP contribution in [0.4, 0.5) is 0 Å². The summed E-state index contributed by atoms with van der Waals surface area (Å²) in [5.74, 6) is 3.68. The molecule has 11 nitrogen and oxygen atoms in total. The number of fused-ring (bicyclic) bond motifs is 2. The van der Waals surface area contributed by atoms with Crippen LogP contribution in [0.2, 0.25) is 0 Å². The second-order valence-electron chi connectivity index (χ2n) is 11.8. The van der Waals surface area contributed by atoms with Gasteiger partial charge in [0.15, 0.2) is 17.3 Å². The number of oxazole rings is 1. The maximum atomic E-state index is 13.2. The number of halogens is 1. The van der Waals surface area contributed by atoms with E-state index in [2.05, 4.69) is 39.2 Å². The van der Waals surface area contributed by atoms with Crippen molar-refractivity contribution < 1.29 is 18.5 Å². The molecule has 1 aliphatic heterocycles. The molecule has 2 aliphatic carbocycles. The lowest BCUT2D eigenvalue weighted by molar-refractivity contribution is -0.128. The minimum Gasteiger partial charge on any atom is -0.473 e. The molecule has 2 fully saturated rings. The summed E-state index contributed by atoms with van der Waals surface area (Å²) in [6, 6.07) is 3.81. The van der Waals surface area contributed by atoms with Crippen LogP contribution in [0.1, 0.15) is 80.8 Å². The number of nitrogens with zero attached hydrogens (tertiary/aromatic N) is 6. The predicted octanol–water partition coefficient (Wildman–Crippen LogP) is 5.22. The minimum atomic E-state index is -0.566. The molecular formula is C30H34ClN7O4. The third-order valence-corrected chi connectivity index (χ3v) is 9.50. The largest absolute Gasteiger partial charge is 0.473 e. The highest BCUT2D eigenvalue weighted by Gasteiger charge is 2.48. The van der Waals surface area contributed by atoms with Crippen LogP contribution in [0.3, 0.4) is 0 Å². The zero-order chi connectivity index (χ0) is 28.8. The van der Waals surface area contributed by atoms with Gasteiger partial charge in [0.05, 0.1) is 28.9 Å². The monoisotopic (exact) mass is 591 g/mol. The number of alkyl halides is 1. The molecule has 4 aromatic heterocycles. The van der Waals surface area contributed by atoms with Crippen molar-refractivity contribution in [1.82, 2.24) is 35.2 Å². The zero-order valence-electron chi connectivity index (χ0n) is 23.8. The van der Waals surface area contributed by atoms with E-state index in [1.165, 1.54) is 0 Å². The van der Waals surface area contributed by atoms with Crippen LogP contribution in [0, 0.1) is 0 Å². The van der Waals surface area contributed by atoms with E-state index in [1.54, 1.807) is 12.4 Å². The normalized spacial score (nSPS) is 25.2. The Bertz CT molecular complexity index is 1580. The van der Waals surface area contributed by atoms with Crippen LogP contribution in [0.5, 0.6) is 5.88 Å².